The molecule has 1 heterocycles. The summed E-state index contributed by atoms with van der Waals surface area (Å²) in [5.41, 5.74) is 0.542. The number of sulfonamides is 1. The zero-order valence-corrected chi connectivity index (χ0v) is 16.3. The Morgan fingerprint density at radius 1 is 1.08 bits per heavy atom. The lowest BCUT2D eigenvalue weighted by Gasteiger charge is -2.33. The summed E-state index contributed by atoms with van der Waals surface area (Å²) in [5.74, 6) is -1.41. The third-order valence-corrected chi connectivity index (χ3v) is 5.65. The molecule has 0 aliphatic carbocycles. The molecule has 0 unspecified atom stereocenters. The Bertz CT molecular complexity index is 716. The monoisotopic (exact) mass is 432 g/mol. The number of hydrogen-bond donors (Lipinski definition) is 2. The summed E-state index contributed by atoms with van der Waals surface area (Å²) in [4.78, 5) is 25.7. The smallest absolute Gasteiger partial charge is 0.313 e. The van der Waals surface area contributed by atoms with E-state index in [0.717, 1.165) is 4.47 Å². The van der Waals surface area contributed by atoms with E-state index in [4.69, 9.17) is 0 Å². The summed E-state index contributed by atoms with van der Waals surface area (Å²) in [6.45, 7) is 2.98. The molecule has 0 saturated carbocycles. The fraction of sp³-hybridized carbons (Fsp3) is 0.467. The standard InChI is InChI=1S/C15H21BrN4O4S/c1-25(23,24)20-10-8-19(9-11-20)7-6-17-14(21)15(22)18-13-4-2-12(16)3-5-13/h2-5H,6-11H2,1H3,(H,17,21)(H,18,22). The molecular formula is C15H21BrN4O4S. The summed E-state index contributed by atoms with van der Waals surface area (Å²) < 4.78 is 25.2. The van der Waals surface area contributed by atoms with E-state index < -0.39 is 21.8 Å². The van der Waals surface area contributed by atoms with Crippen LogP contribution in [0.2, 0.25) is 0 Å². The van der Waals surface area contributed by atoms with Crippen LogP contribution in [0.25, 0.3) is 0 Å². The second kappa shape index (κ2) is 8.75. The number of nitrogens with one attached hydrogen (secondary N) is 2. The zero-order valence-electron chi connectivity index (χ0n) is 13.9. The molecule has 0 aromatic heterocycles. The zero-order chi connectivity index (χ0) is 18.4. The Labute approximate surface area is 155 Å². The lowest BCUT2D eigenvalue weighted by Crippen LogP contribution is -2.50. The van der Waals surface area contributed by atoms with Crippen LogP contribution in [0.1, 0.15) is 0 Å². The van der Waals surface area contributed by atoms with Crippen molar-refractivity contribution in [1.82, 2.24) is 14.5 Å². The van der Waals surface area contributed by atoms with Gasteiger partial charge < -0.3 is 10.6 Å². The molecule has 1 aliphatic rings. The lowest BCUT2D eigenvalue weighted by molar-refractivity contribution is -0.136. The Kier molecular flexibility index (Phi) is 6.94. The van der Waals surface area contributed by atoms with Crippen molar-refractivity contribution < 1.29 is 18.0 Å². The van der Waals surface area contributed by atoms with E-state index in [2.05, 4.69) is 31.5 Å². The highest BCUT2D eigenvalue weighted by atomic mass is 79.9. The molecule has 25 heavy (non-hydrogen) atoms. The van der Waals surface area contributed by atoms with Gasteiger partial charge in [0.2, 0.25) is 10.0 Å². The minimum atomic E-state index is -3.15. The van der Waals surface area contributed by atoms with E-state index in [1.165, 1.54) is 10.6 Å². The van der Waals surface area contributed by atoms with Crippen LogP contribution in [0.5, 0.6) is 0 Å². The third kappa shape index (κ3) is 6.38. The number of nitrogens with zero attached hydrogens (tertiary/aromatic N) is 2. The normalized spacial score (nSPS) is 16.4. The summed E-state index contributed by atoms with van der Waals surface area (Å²) in [6.07, 6.45) is 1.20. The highest BCUT2D eigenvalue weighted by Crippen LogP contribution is 2.13. The summed E-state index contributed by atoms with van der Waals surface area (Å²) >= 11 is 3.29. The number of hydrogen-bond acceptors (Lipinski definition) is 5. The quantitative estimate of drug-likeness (QED) is 0.641. The predicted octanol–water partition coefficient (Wildman–Crippen LogP) is 0.0810. The number of anilines is 1. The SMILES string of the molecule is CS(=O)(=O)N1CCN(CCNC(=O)C(=O)Nc2ccc(Br)cc2)CC1. The van der Waals surface area contributed by atoms with Crippen molar-refractivity contribution in [2.45, 2.75) is 0 Å². The maximum absolute atomic E-state index is 11.8. The highest BCUT2D eigenvalue weighted by molar-refractivity contribution is 9.10. The van der Waals surface area contributed by atoms with E-state index in [0.29, 0.717) is 45.0 Å². The summed E-state index contributed by atoms with van der Waals surface area (Å²) in [6, 6.07) is 6.92. The van der Waals surface area contributed by atoms with Gasteiger partial charge in [-0.25, -0.2) is 8.42 Å². The van der Waals surface area contributed by atoms with Gasteiger partial charge >= 0.3 is 11.8 Å². The number of halogens is 1. The van der Waals surface area contributed by atoms with Gasteiger partial charge in [0.05, 0.1) is 6.26 Å². The first-order valence-corrected chi connectivity index (χ1v) is 10.4. The number of carbonyl (C=O) groups is 2. The van der Waals surface area contributed by atoms with Crippen LogP contribution >= 0.6 is 15.9 Å². The minimum Gasteiger partial charge on any atom is -0.347 e. The molecule has 2 rings (SSSR count). The molecule has 8 nitrogen and oxygen atoms in total. The van der Waals surface area contributed by atoms with Crippen LogP contribution in [0.3, 0.4) is 0 Å². The van der Waals surface area contributed by atoms with Crippen LogP contribution in [0, 0.1) is 0 Å². The summed E-state index contributed by atoms with van der Waals surface area (Å²) in [7, 11) is -3.15. The third-order valence-electron chi connectivity index (χ3n) is 3.82. The van der Waals surface area contributed by atoms with E-state index in [1.807, 2.05) is 0 Å². The summed E-state index contributed by atoms with van der Waals surface area (Å²) in [5, 5.41) is 5.09. The van der Waals surface area contributed by atoms with Crippen LogP contribution in [-0.2, 0) is 19.6 Å². The van der Waals surface area contributed by atoms with Gasteiger partial charge in [0.1, 0.15) is 0 Å². The first kappa shape index (κ1) is 19.8. The van der Waals surface area contributed by atoms with E-state index in [1.54, 1.807) is 24.3 Å². The predicted molar refractivity (Wildman–Crippen MR) is 98.6 cm³/mol. The average molecular weight is 433 g/mol. The molecule has 2 N–H and O–H groups in total. The van der Waals surface area contributed by atoms with Gasteiger partial charge in [-0.2, -0.15) is 4.31 Å². The van der Waals surface area contributed by atoms with Crippen molar-refractivity contribution >= 4 is 43.5 Å². The van der Waals surface area contributed by atoms with Crippen LogP contribution in [0.4, 0.5) is 5.69 Å². The Hall–Kier alpha value is -1.49. The molecule has 1 aromatic rings. The molecule has 0 bridgehead atoms. The second-order valence-electron chi connectivity index (χ2n) is 5.72. The number of rotatable bonds is 5. The Balaban J connectivity index is 1.68. The maximum Gasteiger partial charge on any atom is 0.313 e. The van der Waals surface area contributed by atoms with Crippen molar-refractivity contribution in [1.29, 1.82) is 0 Å². The van der Waals surface area contributed by atoms with Crippen LogP contribution < -0.4 is 10.6 Å². The lowest BCUT2D eigenvalue weighted by atomic mass is 10.3. The molecule has 1 aromatic carbocycles. The van der Waals surface area contributed by atoms with Gasteiger partial charge in [-0.15, -0.1) is 0 Å². The Morgan fingerprint density at radius 3 is 2.24 bits per heavy atom. The molecule has 1 saturated heterocycles. The van der Waals surface area contributed by atoms with Gasteiger partial charge in [-0.05, 0) is 24.3 Å². The van der Waals surface area contributed by atoms with Gasteiger partial charge in [-0.1, -0.05) is 15.9 Å². The number of piperazine rings is 1. The van der Waals surface area contributed by atoms with E-state index in [-0.39, 0.29) is 0 Å². The average Bonchev–Trinajstić information content (AvgIpc) is 2.56. The van der Waals surface area contributed by atoms with Crippen molar-refractivity contribution in [3.05, 3.63) is 28.7 Å². The number of amides is 2. The molecule has 138 valence electrons. The second-order valence-corrected chi connectivity index (χ2v) is 8.62. The van der Waals surface area contributed by atoms with Crippen molar-refractivity contribution in [2.75, 3.05) is 50.8 Å². The largest absolute Gasteiger partial charge is 0.347 e. The Morgan fingerprint density at radius 2 is 1.68 bits per heavy atom. The molecule has 0 spiro atoms. The minimum absolute atomic E-state index is 0.325. The fourth-order valence-electron chi connectivity index (χ4n) is 2.41. The molecule has 10 heteroatoms. The number of benzene rings is 1. The molecule has 2 amide bonds. The molecular weight excluding hydrogens is 412 g/mol. The van der Waals surface area contributed by atoms with E-state index >= 15 is 0 Å². The van der Waals surface area contributed by atoms with Crippen molar-refractivity contribution in [2.24, 2.45) is 0 Å². The molecule has 1 aliphatic heterocycles. The first-order chi connectivity index (χ1) is 11.8. The van der Waals surface area contributed by atoms with Crippen molar-refractivity contribution in [3.8, 4) is 0 Å². The molecule has 1 fully saturated rings. The van der Waals surface area contributed by atoms with Gasteiger partial charge in [0, 0.05) is 49.4 Å². The van der Waals surface area contributed by atoms with E-state index in [9.17, 15) is 18.0 Å². The van der Waals surface area contributed by atoms with Gasteiger partial charge in [0.15, 0.2) is 0 Å². The molecule has 0 radical (unpaired) electrons. The fourth-order valence-corrected chi connectivity index (χ4v) is 3.50. The van der Waals surface area contributed by atoms with Gasteiger partial charge in [-0.3, -0.25) is 14.5 Å². The van der Waals surface area contributed by atoms with Crippen molar-refractivity contribution in [3.63, 3.8) is 0 Å². The molecule has 0 atom stereocenters. The van der Waals surface area contributed by atoms with Crippen LogP contribution in [0.15, 0.2) is 28.7 Å². The first-order valence-electron chi connectivity index (χ1n) is 7.78. The maximum atomic E-state index is 11.8. The van der Waals surface area contributed by atoms with Gasteiger partial charge in [0.25, 0.3) is 0 Å². The highest BCUT2D eigenvalue weighted by Gasteiger charge is 2.23. The number of carbonyl (C=O) groups excluding carboxylic acids is 2. The van der Waals surface area contributed by atoms with Crippen LogP contribution in [-0.4, -0.2) is 75.0 Å². The topological polar surface area (TPSA) is 98.8 Å².